The summed E-state index contributed by atoms with van der Waals surface area (Å²) in [6.45, 7) is 6.93. The summed E-state index contributed by atoms with van der Waals surface area (Å²) in [5, 5.41) is 10.4. The van der Waals surface area contributed by atoms with Gasteiger partial charge < -0.3 is 5.11 Å². The van der Waals surface area contributed by atoms with Crippen molar-refractivity contribution < 1.29 is 5.11 Å². The Hall–Kier alpha value is -0.240. The van der Waals surface area contributed by atoms with Crippen molar-refractivity contribution in [2.75, 3.05) is 6.61 Å². The van der Waals surface area contributed by atoms with Gasteiger partial charge in [0.25, 0.3) is 0 Å². The van der Waals surface area contributed by atoms with Gasteiger partial charge in [0.1, 0.15) is 0 Å². The van der Waals surface area contributed by atoms with E-state index in [1.54, 1.807) is 0 Å². The lowest BCUT2D eigenvalue weighted by Gasteiger charge is -2.32. The minimum Gasteiger partial charge on any atom is -0.396 e. The molecule has 1 atom stereocenters. The van der Waals surface area contributed by atoms with Crippen LogP contribution in [0.1, 0.15) is 50.7 Å². The van der Waals surface area contributed by atoms with Crippen molar-refractivity contribution in [3.63, 3.8) is 0 Å². The SMILES string of the molecule is CC(C)(C)C(c1cc(CCO)cc(Cl)c1Cl)C1CC1. The monoisotopic (exact) mass is 300 g/mol. The Bertz CT molecular complexity index is 459. The molecule has 106 valence electrons. The van der Waals surface area contributed by atoms with Crippen LogP contribution in [-0.4, -0.2) is 11.7 Å². The Kier molecular flexibility index (Phi) is 4.49. The molecule has 0 radical (unpaired) electrons. The van der Waals surface area contributed by atoms with Crippen LogP contribution >= 0.6 is 23.2 Å². The molecule has 0 aromatic heterocycles. The Labute approximate surface area is 125 Å². The van der Waals surface area contributed by atoms with Crippen molar-refractivity contribution in [2.24, 2.45) is 11.3 Å². The zero-order valence-electron chi connectivity index (χ0n) is 11.8. The first kappa shape index (κ1) is 15.2. The van der Waals surface area contributed by atoms with Crippen LogP contribution in [0.25, 0.3) is 0 Å². The normalized spacial score (nSPS) is 17.6. The molecule has 0 amide bonds. The van der Waals surface area contributed by atoms with Crippen LogP contribution in [0.4, 0.5) is 0 Å². The molecule has 2 rings (SSSR count). The number of hydrogen-bond donors (Lipinski definition) is 1. The van der Waals surface area contributed by atoms with E-state index in [1.165, 1.54) is 12.8 Å². The Morgan fingerprint density at radius 3 is 2.37 bits per heavy atom. The molecule has 1 saturated carbocycles. The van der Waals surface area contributed by atoms with E-state index in [0.29, 0.717) is 22.4 Å². The maximum absolute atomic E-state index is 9.11. The molecule has 0 heterocycles. The van der Waals surface area contributed by atoms with E-state index in [9.17, 15) is 0 Å². The number of benzene rings is 1. The molecule has 1 unspecified atom stereocenters. The number of rotatable bonds is 4. The maximum atomic E-state index is 9.11. The lowest BCUT2D eigenvalue weighted by atomic mass is 9.73. The molecule has 1 N–H and O–H groups in total. The zero-order chi connectivity index (χ0) is 14.2. The summed E-state index contributed by atoms with van der Waals surface area (Å²) in [5.41, 5.74) is 2.40. The summed E-state index contributed by atoms with van der Waals surface area (Å²) < 4.78 is 0. The van der Waals surface area contributed by atoms with Gasteiger partial charge in [-0.3, -0.25) is 0 Å². The van der Waals surface area contributed by atoms with Crippen molar-refractivity contribution in [1.29, 1.82) is 0 Å². The number of aliphatic hydroxyl groups is 1. The number of halogens is 2. The first-order valence-electron chi connectivity index (χ1n) is 6.93. The summed E-state index contributed by atoms with van der Waals surface area (Å²) >= 11 is 12.7. The Morgan fingerprint density at radius 1 is 1.26 bits per heavy atom. The lowest BCUT2D eigenvalue weighted by Crippen LogP contribution is -2.21. The zero-order valence-corrected chi connectivity index (χ0v) is 13.4. The van der Waals surface area contributed by atoms with Gasteiger partial charge >= 0.3 is 0 Å². The van der Waals surface area contributed by atoms with Gasteiger partial charge in [0.05, 0.1) is 10.0 Å². The molecule has 1 aromatic rings. The minimum atomic E-state index is 0.140. The number of aliphatic hydroxyl groups excluding tert-OH is 1. The van der Waals surface area contributed by atoms with Crippen LogP contribution in [0.3, 0.4) is 0 Å². The smallest absolute Gasteiger partial charge is 0.0627 e. The van der Waals surface area contributed by atoms with Crippen LogP contribution < -0.4 is 0 Å². The summed E-state index contributed by atoms with van der Waals surface area (Å²) in [6, 6.07) is 4.01. The highest BCUT2D eigenvalue weighted by Crippen LogP contribution is 2.53. The summed E-state index contributed by atoms with van der Waals surface area (Å²) in [7, 11) is 0. The molecule has 0 spiro atoms. The lowest BCUT2D eigenvalue weighted by molar-refractivity contribution is 0.290. The summed E-state index contributed by atoms with van der Waals surface area (Å²) in [6.07, 6.45) is 3.19. The fourth-order valence-corrected chi connectivity index (χ4v) is 3.50. The van der Waals surface area contributed by atoms with Crippen molar-refractivity contribution in [2.45, 2.75) is 46.0 Å². The summed E-state index contributed by atoms with van der Waals surface area (Å²) in [5.74, 6) is 1.16. The van der Waals surface area contributed by atoms with Gasteiger partial charge in [-0.2, -0.15) is 0 Å². The molecular weight excluding hydrogens is 279 g/mol. The van der Waals surface area contributed by atoms with E-state index >= 15 is 0 Å². The predicted molar refractivity (Wildman–Crippen MR) is 82.2 cm³/mol. The van der Waals surface area contributed by atoms with E-state index in [1.807, 2.05) is 6.07 Å². The third-order valence-corrected chi connectivity index (χ3v) is 4.69. The summed E-state index contributed by atoms with van der Waals surface area (Å²) in [4.78, 5) is 0. The van der Waals surface area contributed by atoms with Gasteiger partial charge in [0.2, 0.25) is 0 Å². The second-order valence-corrected chi connectivity index (χ2v) is 7.42. The van der Waals surface area contributed by atoms with Crippen LogP contribution in [-0.2, 0) is 6.42 Å². The van der Waals surface area contributed by atoms with Crippen LogP contribution in [0.2, 0.25) is 10.0 Å². The fourth-order valence-electron chi connectivity index (χ4n) is 3.03. The van der Waals surface area contributed by atoms with Gasteiger partial charge in [0, 0.05) is 6.61 Å². The van der Waals surface area contributed by atoms with E-state index in [2.05, 4.69) is 26.8 Å². The average molecular weight is 301 g/mol. The molecule has 19 heavy (non-hydrogen) atoms. The van der Waals surface area contributed by atoms with Crippen molar-refractivity contribution in [3.05, 3.63) is 33.3 Å². The first-order chi connectivity index (χ1) is 8.84. The molecule has 3 heteroatoms. The molecule has 1 fully saturated rings. The van der Waals surface area contributed by atoms with E-state index in [0.717, 1.165) is 17.0 Å². The topological polar surface area (TPSA) is 20.2 Å². The highest BCUT2D eigenvalue weighted by Gasteiger charge is 2.40. The second-order valence-electron chi connectivity index (χ2n) is 6.64. The Morgan fingerprint density at radius 2 is 1.89 bits per heavy atom. The molecule has 1 aliphatic rings. The highest BCUT2D eigenvalue weighted by molar-refractivity contribution is 6.42. The van der Waals surface area contributed by atoms with E-state index in [4.69, 9.17) is 28.3 Å². The van der Waals surface area contributed by atoms with E-state index in [-0.39, 0.29) is 12.0 Å². The minimum absolute atomic E-state index is 0.140. The third kappa shape index (κ3) is 3.45. The molecule has 1 aromatic carbocycles. The quantitative estimate of drug-likeness (QED) is 0.823. The van der Waals surface area contributed by atoms with Crippen LogP contribution in [0.15, 0.2) is 12.1 Å². The van der Waals surface area contributed by atoms with E-state index < -0.39 is 0 Å². The van der Waals surface area contributed by atoms with Gasteiger partial charge in [-0.25, -0.2) is 0 Å². The molecule has 0 saturated heterocycles. The third-order valence-electron chi connectivity index (χ3n) is 3.88. The van der Waals surface area contributed by atoms with Crippen LogP contribution in [0, 0.1) is 11.3 Å². The predicted octanol–water partition coefficient (Wildman–Crippen LogP) is 5.07. The number of hydrogen-bond acceptors (Lipinski definition) is 1. The second kappa shape index (κ2) is 5.63. The maximum Gasteiger partial charge on any atom is 0.0627 e. The molecular formula is C16H22Cl2O. The van der Waals surface area contributed by atoms with Gasteiger partial charge in [-0.05, 0) is 53.7 Å². The molecule has 0 aliphatic heterocycles. The van der Waals surface area contributed by atoms with Gasteiger partial charge in [-0.1, -0.05) is 50.0 Å². The highest BCUT2D eigenvalue weighted by atomic mass is 35.5. The molecule has 1 aliphatic carbocycles. The average Bonchev–Trinajstić information content (AvgIpc) is 3.08. The first-order valence-corrected chi connectivity index (χ1v) is 7.69. The van der Waals surface area contributed by atoms with Crippen molar-refractivity contribution in [1.82, 2.24) is 0 Å². The standard InChI is InChI=1S/C16H22Cl2O/c1-16(2,3)14(11-4-5-11)12-8-10(6-7-19)9-13(17)15(12)18/h8-9,11,14,19H,4-7H2,1-3H3. The van der Waals surface area contributed by atoms with Gasteiger partial charge in [-0.15, -0.1) is 0 Å². The van der Waals surface area contributed by atoms with Gasteiger partial charge in [0.15, 0.2) is 0 Å². The molecule has 1 nitrogen and oxygen atoms in total. The van der Waals surface area contributed by atoms with Crippen molar-refractivity contribution >= 4 is 23.2 Å². The van der Waals surface area contributed by atoms with Crippen LogP contribution in [0.5, 0.6) is 0 Å². The largest absolute Gasteiger partial charge is 0.396 e. The molecule has 0 bridgehead atoms. The Balaban J connectivity index is 2.46. The van der Waals surface area contributed by atoms with Crippen molar-refractivity contribution in [3.8, 4) is 0 Å². The fraction of sp³-hybridized carbons (Fsp3) is 0.625.